The minimum Gasteiger partial charge on any atom is -0.356 e. The third-order valence-electron chi connectivity index (χ3n) is 5.16. The first-order valence-corrected chi connectivity index (χ1v) is 9.41. The topological polar surface area (TPSA) is 55.0 Å². The number of likely N-dealkylation sites (tertiary alicyclic amines) is 1. The van der Waals surface area contributed by atoms with Crippen LogP contribution < -0.4 is 0 Å². The van der Waals surface area contributed by atoms with Crippen LogP contribution in [0.2, 0.25) is 5.02 Å². The van der Waals surface area contributed by atoms with Gasteiger partial charge < -0.3 is 4.90 Å². The molecule has 0 bridgehead atoms. The van der Waals surface area contributed by atoms with Crippen LogP contribution in [0.15, 0.2) is 45.5 Å². The van der Waals surface area contributed by atoms with E-state index in [1.807, 2.05) is 0 Å². The van der Waals surface area contributed by atoms with Crippen molar-refractivity contribution in [3.63, 3.8) is 0 Å². The molecule has 0 amide bonds. The Hall–Kier alpha value is -2.65. The second-order valence-corrected chi connectivity index (χ2v) is 7.42. The number of allylic oxidation sites excluding steroid dienone is 2. The summed E-state index contributed by atoms with van der Waals surface area (Å²) in [5.74, 6) is 1.69. The average molecular weight is 384 g/mol. The lowest BCUT2D eigenvalue weighted by atomic mass is 9.97. The predicted octanol–water partition coefficient (Wildman–Crippen LogP) is 4.39. The number of nitriles is 1. The van der Waals surface area contributed by atoms with Gasteiger partial charge in [-0.3, -0.25) is 0 Å². The minimum atomic E-state index is -0.381. The van der Waals surface area contributed by atoms with Gasteiger partial charge in [-0.25, -0.2) is 9.38 Å². The van der Waals surface area contributed by atoms with E-state index in [9.17, 15) is 9.65 Å². The van der Waals surface area contributed by atoms with Gasteiger partial charge in [-0.15, -0.1) is 0 Å². The van der Waals surface area contributed by atoms with E-state index in [4.69, 9.17) is 11.6 Å². The van der Waals surface area contributed by atoms with Crippen molar-refractivity contribution in [2.24, 2.45) is 16.0 Å². The van der Waals surface area contributed by atoms with E-state index in [0.717, 1.165) is 37.3 Å². The Balaban J connectivity index is 1.87. The van der Waals surface area contributed by atoms with Crippen LogP contribution >= 0.6 is 11.6 Å². The van der Waals surface area contributed by atoms with Gasteiger partial charge in [0.1, 0.15) is 11.6 Å². The summed E-state index contributed by atoms with van der Waals surface area (Å²) in [7, 11) is 0. The number of rotatable bonds is 2. The fourth-order valence-electron chi connectivity index (χ4n) is 3.59. The van der Waals surface area contributed by atoms with Crippen molar-refractivity contribution >= 4 is 29.6 Å². The van der Waals surface area contributed by atoms with Crippen molar-refractivity contribution < 1.29 is 4.39 Å². The van der Waals surface area contributed by atoms with Gasteiger partial charge in [-0.1, -0.05) is 18.5 Å². The zero-order chi connectivity index (χ0) is 19.0. The molecule has 1 saturated heterocycles. The van der Waals surface area contributed by atoms with E-state index in [-0.39, 0.29) is 5.82 Å². The standard InChI is InChI=1S/C20H19ClFN5/c1-13-5-8-26(9-6-13)20-17(16-3-2-15(22)10-18(16)21)12-24-19-14(11-23)4-7-25-27(19)20/h2-3,7,10,12-13H,4-6,8-9H2,1H3. The first-order valence-electron chi connectivity index (χ1n) is 9.03. The van der Waals surface area contributed by atoms with Crippen molar-refractivity contribution in [2.75, 3.05) is 13.1 Å². The summed E-state index contributed by atoms with van der Waals surface area (Å²) in [6.45, 7) is 4.02. The SMILES string of the molecule is CC1CCN(C2=C(c3ccc(F)cc3Cl)C=NC3=C(C#N)CC=NN32)CC1. The Morgan fingerprint density at radius 3 is 2.78 bits per heavy atom. The first kappa shape index (κ1) is 17.7. The quantitative estimate of drug-likeness (QED) is 0.761. The zero-order valence-electron chi connectivity index (χ0n) is 15.0. The molecule has 3 aliphatic rings. The second-order valence-electron chi connectivity index (χ2n) is 7.02. The minimum absolute atomic E-state index is 0.327. The highest BCUT2D eigenvalue weighted by molar-refractivity contribution is 6.34. The highest BCUT2D eigenvalue weighted by Gasteiger charge is 2.32. The number of piperidine rings is 1. The van der Waals surface area contributed by atoms with Crippen molar-refractivity contribution in [1.29, 1.82) is 5.26 Å². The number of fused-ring (bicyclic) bond motifs is 1. The van der Waals surface area contributed by atoms with Crippen LogP contribution in [0.3, 0.4) is 0 Å². The molecule has 27 heavy (non-hydrogen) atoms. The maximum absolute atomic E-state index is 13.6. The molecule has 1 fully saturated rings. The molecule has 3 heterocycles. The summed E-state index contributed by atoms with van der Waals surface area (Å²) < 4.78 is 13.6. The number of nitrogens with zero attached hydrogens (tertiary/aromatic N) is 5. The van der Waals surface area contributed by atoms with Crippen LogP contribution in [0.4, 0.5) is 4.39 Å². The lowest BCUT2D eigenvalue weighted by Gasteiger charge is -2.40. The maximum atomic E-state index is 13.6. The van der Waals surface area contributed by atoms with Crippen molar-refractivity contribution in [1.82, 2.24) is 9.91 Å². The second kappa shape index (κ2) is 7.16. The van der Waals surface area contributed by atoms with Crippen molar-refractivity contribution in [3.8, 4) is 6.07 Å². The third-order valence-corrected chi connectivity index (χ3v) is 5.47. The number of hydrazone groups is 1. The Morgan fingerprint density at radius 1 is 1.30 bits per heavy atom. The molecule has 1 aromatic carbocycles. The van der Waals surface area contributed by atoms with Gasteiger partial charge in [0.25, 0.3) is 0 Å². The molecule has 0 aliphatic carbocycles. The Bertz CT molecular complexity index is 932. The Kier molecular flexibility index (Phi) is 4.71. The summed E-state index contributed by atoms with van der Waals surface area (Å²) >= 11 is 6.35. The average Bonchev–Trinajstić information content (AvgIpc) is 2.67. The largest absolute Gasteiger partial charge is 0.356 e. The smallest absolute Gasteiger partial charge is 0.169 e. The maximum Gasteiger partial charge on any atom is 0.169 e. The van der Waals surface area contributed by atoms with Crippen molar-refractivity contribution in [3.05, 3.63) is 51.8 Å². The zero-order valence-corrected chi connectivity index (χ0v) is 15.7. The number of benzene rings is 1. The molecular formula is C20H19ClFN5. The Labute approximate surface area is 162 Å². The van der Waals surface area contributed by atoms with Crippen LogP contribution in [0, 0.1) is 23.1 Å². The Morgan fingerprint density at radius 2 is 2.07 bits per heavy atom. The van der Waals surface area contributed by atoms with Gasteiger partial charge >= 0.3 is 0 Å². The van der Waals surface area contributed by atoms with Crippen LogP contribution in [0.5, 0.6) is 0 Å². The van der Waals surface area contributed by atoms with E-state index >= 15 is 0 Å². The van der Waals surface area contributed by atoms with Gasteiger partial charge in [0.05, 0.1) is 16.7 Å². The van der Waals surface area contributed by atoms with E-state index < -0.39 is 0 Å². The van der Waals surface area contributed by atoms with Gasteiger partial charge in [-0.05, 0) is 37.0 Å². The van der Waals surface area contributed by atoms with Crippen molar-refractivity contribution in [2.45, 2.75) is 26.2 Å². The number of hydrogen-bond acceptors (Lipinski definition) is 5. The normalized spacial score (nSPS) is 20.2. The van der Waals surface area contributed by atoms with Crippen LogP contribution in [-0.2, 0) is 0 Å². The molecule has 0 saturated carbocycles. The monoisotopic (exact) mass is 383 g/mol. The molecule has 0 spiro atoms. The van der Waals surface area contributed by atoms with Gasteiger partial charge in [0, 0.05) is 43.1 Å². The molecule has 4 rings (SSSR count). The first-order chi connectivity index (χ1) is 13.1. The fraction of sp³-hybridized carbons (Fsp3) is 0.350. The molecular weight excluding hydrogens is 365 g/mol. The molecule has 0 N–H and O–H groups in total. The van der Waals surface area contributed by atoms with E-state index in [0.29, 0.717) is 34.3 Å². The molecule has 0 radical (unpaired) electrons. The van der Waals surface area contributed by atoms with Crippen LogP contribution in [0.1, 0.15) is 31.7 Å². The molecule has 0 aromatic heterocycles. The molecule has 7 heteroatoms. The lowest BCUT2D eigenvalue weighted by Crippen LogP contribution is -2.40. The summed E-state index contributed by atoms with van der Waals surface area (Å²) in [6, 6.07) is 6.59. The van der Waals surface area contributed by atoms with E-state index in [1.165, 1.54) is 12.1 Å². The molecule has 5 nitrogen and oxygen atoms in total. The summed E-state index contributed by atoms with van der Waals surface area (Å²) in [5.41, 5.74) is 2.07. The number of aliphatic imine (C=N–C) groups is 1. The molecule has 1 aromatic rings. The molecule has 0 atom stereocenters. The lowest BCUT2D eigenvalue weighted by molar-refractivity contribution is 0.183. The van der Waals surface area contributed by atoms with Gasteiger partial charge in [0.15, 0.2) is 5.82 Å². The van der Waals surface area contributed by atoms with E-state index in [1.54, 1.807) is 23.5 Å². The number of halogens is 2. The molecule has 138 valence electrons. The summed E-state index contributed by atoms with van der Waals surface area (Å²) in [5, 5.41) is 16.0. The highest BCUT2D eigenvalue weighted by Crippen LogP contribution is 2.37. The fourth-order valence-corrected chi connectivity index (χ4v) is 3.86. The summed E-state index contributed by atoms with van der Waals surface area (Å²) in [6.07, 6.45) is 6.06. The molecule has 0 unspecified atom stereocenters. The van der Waals surface area contributed by atoms with Crippen LogP contribution in [0.25, 0.3) is 5.57 Å². The van der Waals surface area contributed by atoms with Gasteiger partial charge in [-0.2, -0.15) is 15.4 Å². The number of hydrogen-bond donors (Lipinski definition) is 0. The van der Waals surface area contributed by atoms with E-state index in [2.05, 4.69) is 28.0 Å². The third kappa shape index (κ3) is 3.24. The van der Waals surface area contributed by atoms with Crippen LogP contribution in [-0.4, -0.2) is 35.4 Å². The predicted molar refractivity (Wildman–Crippen MR) is 104 cm³/mol. The highest BCUT2D eigenvalue weighted by atomic mass is 35.5. The van der Waals surface area contributed by atoms with Gasteiger partial charge in [0.2, 0.25) is 0 Å². The molecule has 3 aliphatic heterocycles. The summed E-state index contributed by atoms with van der Waals surface area (Å²) in [4.78, 5) is 6.75.